The first-order valence-electron chi connectivity index (χ1n) is 43.2. The Morgan fingerprint density at radius 2 is 0.454 bits per heavy atom. The Labute approximate surface area is 773 Å². The molecule has 14 rings (SSSR count). The summed E-state index contributed by atoms with van der Waals surface area (Å²) in [5.41, 5.74) is 67.9. The van der Waals surface area contributed by atoms with E-state index in [0.29, 0.717) is 5.92 Å². The van der Waals surface area contributed by atoms with Gasteiger partial charge < -0.3 is 49.6 Å². The zero-order valence-corrected chi connectivity index (χ0v) is 75.9. The van der Waals surface area contributed by atoms with E-state index < -0.39 is 0 Å². The van der Waals surface area contributed by atoms with Gasteiger partial charge in [-0.1, -0.05) is 426 Å². The molecule has 0 unspecified atom stereocenters. The Morgan fingerprint density at radius 1 is 0.192 bits per heavy atom. The van der Waals surface area contributed by atoms with E-state index in [1.54, 1.807) is 14.2 Å². The number of anilines is 7. The molecule has 0 aliphatic rings. The highest BCUT2D eigenvalue weighted by molar-refractivity contribution is 5.67. The van der Waals surface area contributed by atoms with Crippen LogP contribution in [0.25, 0.3) is 85.1 Å². The van der Waals surface area contributed by atoms with Crippen LogP contribution < -0.4 is 49.6 Å². The van der Waals surface area contributed by atoms with Gasteiger partial charge in [-0.25, -0.2) is 0 Å². The van der Waals surface area contributed by atoms with Crippen LogP contribution in [0.1, 0.15) is 125 Å². The Kier molecular flexibility index (Phi) is 43.6. The molecule has 0 amide bonds. The predicted octanol–water partition coefficient (Wildman–Crippen LogP) is 30.3. The molecule has 0 heterocycles. The number of nitrogens with two attached hydrogens (primary N) is 7. The molecule has 0 saturated heterocycles. The molecule has 14 aromatic rings. The molecule has 0 saturated carbocycles. The van der Waals surface area contributed by atoms with Gasteiger partial charge in [0.25, 0.3) is 0 Å². The molecule has 0 aliphatic carbocycles. The fraction of sp³-hybridized carbons (Fsp3) is 0.0744. The van der Waals surface area contributed by atoms with Crippen LogP contribution in [0, 0.1) is 27.7 Å². The molecule has 0 aromatic heterocycles. The van der Waals surface area contributed by atoms with Crippen molar-refractivity contribution in [1.29, 1.82) is 0 Å². The largest absolute Gasteiger partial charge is 0.497 e. The summed E-state index contributed by atoms with van der Waals surface area (Å²) in [6.07, 6.45) is 57.5. The number of hydrogen-bond donors (Lipinski definition) is 7. The van der Waals surface area contributed by atoms with Gasteiger partial charge in [0.15, 0.2) is 0 Å². The first kappa shape index (κ1) is 99.1. The van der Waals surface area contributed by atoms with Crippen LogP contribution in [0.5, 0.6) is 11.5 Å². The first-order valence-corrected chi connectivity index (χ1v) is 43.2. The molecule has 0 bridgehead atoms. The Hall–Kier alpha value is -16.4. The first-order chi connectivity index (χ1) is 63.2. The van der Waals surface area contributed by atoms with Crippen molar-refractivity contribution in [2.45, 2.75) is 47.5 Å². The summed E-state index contributed by atoms with van der Waals surface area (Å²) in [6, 6.07) is 113. The molecule has 130 heavy (non-hydrogen) atoms. The molecule has 0 atom stereocenters. The van der Waals surface area contributed by atoms with Crippen molar-refractivity contribution in [1.82, 2.24) is 0 Å². The average molecular weight is 1710 g/mol. The fourth-order valence-electron chi connectivity index (χ4n) is 12.1. The summed E-state index contributed by atoms with van der Waals surface area (Å²) < 4.78 is 10.3. The summed E-state index contributed by atoms with van der Waals surface area (Å²) in [5, 5.41) is 0. The summed E-state index contributed by atoms with van der Waals surface area (Å²) in [5.74, 6) is 2.32. The third kappa shape index (κ3) is 41.0. The van der Waals surface area contributed by atoms with Crippen molar-refractivity contribution in [2.75, 3.05) is 54.4 Å². The number of allylic oxidation sites excluding steroid dienone is 14. The van der Waals surface area contributed by atoms with Gasteiger partial charge in [-0.15, -0.1) is 0 Å². The maximum atomic E-state index is 5.72. The lowest BCUT2D eigenvalue weighted by molar-refractivity contribution is 0.414. The van der Waals surface area contributed by atoms with Crippen LogP contribution in [0.15, 0.2) is 425 Å². The van der Waals surface area contributed by atoms with Gasteiger partial charge >= 0.3 is 0 Å². The van der Waals surface area contributed by atoms with E-state index >= 15 is 0 Å². The Morgan fingerprint density at radius 3 is 0.777 bits per heavy atom. The van der Waals surface area contributed by atoms with Crippen LogP contribution in [0.4, 0.5) is 39.8 Å². The minimum Gasteiger partial charge on any atom is -0.497 e. The molecule has 9 nitrogen and oxygen atoms in total. The normalized spacial score (nSPS) is 11.4. The number of ether oxygens (including phenoxy) is 2. The van der Waals surface area contributed by atoms with E-state index in [1.165, 1.54) is 61.2 Å². The number of aryl methyl sites for hydroxylation is 4. The SMILES string of the molecule is CC(C)c1ccc(/C=C/C=C/c2ccc(N)cc2)cc1.COc1ccc(/C=C/C=C/c2ccc(N)cc2)cc1.COc1cccc(/C=C/C=C/c2ccc(N)cc2)c1.Cc1cc(N)ccc1/C=C/C=C/c1ccccc1.Cc1ccc(/C=C/C=C/c2ccc(N)cc2)cc1.Cc1cccc(/C=C/C=C/c2ccc(N)cc2)c1.Cc1ccccc1/C=C/C=C/c1ccc(N)cc1. The predicted molar refractivity (Wildman–Crippen MR) is 574 cm³/mol. The van der Waals surface area contributed by atoms with Crippen molar-refractivity contribution in [3.8, 4) is 11.5 Å². The van der Waals surface area contributed by atoms with E-state index in [0.717, 1.165) is 95.8 Å². The van der Waals surface area contributed by atoms with Gasteiger partial charge in [0.2, 0.25) is 0 Å². The van der Waals surface area contributed by atoms with E-state index in [4.69, 9.17) is 49.6 Å². The quantitative estimate of drug-likeness (QED) is 0.0227. The Balaban J connectivity index is 0.000000187. The zero-order chi connectivity index (χ0) is 92.6. The summed E-state index contributed by atoms with van der Waals surface area (Å²) in [7, 11) is 3.34. The topological polar surface area (TPSA) is 201 Å². The van der Waals surface area contributed by atoms with Crippen molar-refractivity contribution >= 4 is 125 Å². The molecular weight excluding hydrogens is 1580 g/mol. The van der Waals surface area contributed by atoms with E-state index in [9.17, 15) is 0 Å². The van der Waals surface area contributed by atoms with Crippen LogP contribution in [0.2, 0.25) is 0 Å². The van der Waals surface area contributed by atoms with Crippen LogP contribution in [0.3, 0.4) is 0 Å². The van der Waals surface area contributed by atoms with Crippen LogP contribution in [-0.2, 0) is 0 Å². The summed E-state index contributed by atoms with van der Waals surface area (Å²) >= 11 is 0. The van der Waals surface area contributed by atoms with E-state index in [1.807, 2.05) is 328 Å². The van der Waals surface area contributed by atoms with Crippen molar-refractivity contribution in [2.24, 2.45) is 0 Å². The third-order valence-corrected chi connectivity index (χ3v) is 19.6. The maximum Gasteiger partial charge on any atom is 0.119 e. The van der Waals surface area contributed by atoms with Gasteiger partial charge in [0.1, 0.15) is 11.5 Å². The third-order valence-electron chi connectivity index (χ3n) is 19.6. The molecule has 0 radical (unpaired) electrons. The smallest absolute Gasteiger partial charge is 0.119 e. The second-order valence-electron chi connectivity index (χ2n) is 30.6. The second-order valence-corrected chi connectivity index (χ2v) is 30.6. The van der Waals surface area contributed by atoms with Crippen LogP contribution >= 0.6 is 0 Å². The number of rotatable bonds is 24. The zero-order valence-electron chi connectivity index (χ0n) is 75.9. The molecule has 0 aliphatic heterocycles. The lowest BCUT2D eigenvalue weighted by Crippen LogP contribution is -1.87. The van der Waals surface area contributed by atoms with Gasteiger partial charge in [0.05, 0.1) is 14.2 Å². The maximum absolute atomic E-state index is 5.72. The minimum absolute atomic E-state index is 0.582. The van der Waals surface area contributed by atoms with Crippen molar-refractivity contribution in [3.63, 3.8) is 0 Å². The standard InChI is InChI=1S/C19H21N.2C17H17NO.4C17H17N/c1-15(2)18-11-7-16(8-12-18)5-3-4-6-17-9-13-19(20)14-10-17;1-19-17-8-4-7-15(13-17)6-3-2-5-14-9-11-16(18)12-10-14;1-19-17-12-8-15(9-13-17)5-3-2-4-14-6-10-16(18)11-7-14;1-14-6-2-4-8-16(14)9-5-3-7-15-10-12-17(18)13-11-15;1-14-5-4-8-16(13-14)7-3-2-6-15-9-11-17(18)12-10-15;1-14-13-17(18)12-11-16(14)10-6-5-9-15-7-3-2-4-8-15;1-14-6-8-15(9-7-14)4-2-3-5-16-10-12-17(18)13-11-16/h3-15H,20H2,1-2H3;2*2-13H,18H2,1H3;4*2-13H,18H2,1H3/b5-3+,6-4+;5-2+,6-3+;4-2+,5-3+;7-3+,9-5+;6-2+,7-3+;9-5+,10-6+;4-2+,5-3+. The minimum atomic E-state index is 0.582. The molecule has 0 fully saturated rings. The highest BCUT2D eigenvalue weighted by Gasteiger charge is 2.00. The van der Waals surface area contributed by atoms with Gasteiger partial charge in [-0.05, 0) is 237 Å². The molecular formula is C121H123N7O2. The second kappa shape index (κ2) is 57.2. The summed E-state index contributed by atoms with van der Waals surface area (Å²) in [4.78, 5) is 0. The molecule has 14 aromatic carbocycles. The molecule has 654 valence electrons. The van der Waals surface area contributed by atoms with Gasteiger partial charge in [0, 0.05) is 39.8 Å². The molecule has 14 N–H and O–H groups in total. The number of hydrogen-bond acceptors (Lipinski definition) is 9. The lowest BCUT2D eigenvalue weighted by Gasteiger charge is -2.04. The lowest BCUT2D eigenvalue weighted by atomic mass is 10.0. The van der Waals surface area contributed by atoms with Crippen molar-refractivity contribution in [3.05, 3.63) is 530 Å². The summed E-state index contributed by atoms with van der Waals surface area (Å²) in [6.45, 7) is 12.8. The number of benzene rings is 14. The van der Waals surface area contributed by atoms with E-state index in [-0.39, 0.29) is 0 Å². The highest BCUT2D eigenvalue weighted by atomic mass is 16.5. The van der Waals surface area contributed by atoms with Gasteiger partial charge in [-0.3, -0.25) is 0 Å². The Bertz CT molecular complexity index is 6050. The molecule has 0 spiro atoms. The van der Waals surface area contributed by atoms with Crippen molar-refractivity contribution < 1.29 is 9.47 Å². The number of methoxy groups -OCH3 is 2. The molecule has 9 heteroatoms. The van der Waals surface area contributed by atoms with Crippen LogP contribution in [-0.4, -0.2) is 14.2 Å². The average Bonchev–Trinajstić information content (AvgIpc) is 0.880. The number of nitrogen functional groups attached to an aromatic ring is 7. The fourth-order valence-corrected chi connectivity index (χ4v) is 12.1. The van der Waals surface area contributed by atoms with E-state index in [2.05, 4.69) is 224 Å². The van der Waals surface area contributed by atoms with Gasteiger partial charge in [-0.2, -0.15) is 0 Å². The monoisotopic (exact) mass is 1710 g/mol. The highest BCUT2D eigenvalue weighted by Crippen LogP contribution is 2.22.